The Morgan fingerprint density at radius 3 is 2.13 bits per heavy atom. The maximum atomic E-state index is 12.0. The van der Waals surface area contributed by atoms with Crippen LogP contribution in [0.4, 0.5) is 5.69 Å². The van der Waals surface area contributed by atoms with E-state index in [9.17, 15) is 9.59 Å². The summed E-state index contributed by atoms with van der Waals surface area (Å²) in [6.45, 7) is 0. The van der Waals surface area contributed by atoms with Crippen LogP contribution in [-0.4, -0.2) is 18.9 Å². The zero-order valence-corrected chi connectivity index (χ0v) is 13.7. The van der Waals surface area contributed by atoms with Crippen LogP contribution < -0.4 is 10.6 Å². The summed E-state index contributed by atoms with van der Waals surface area (Å²) in [7, 11) is 1.63. The van der Waals surface area contributed by atoms with Crippen molar-refractivity contribution in [2.45, 2.75) is 19.3 Å². The van der Waals surface area contributed by atoms with Crippen LogP contribution in [-0.2, 0) is 22.4 Å². The van der Waals surface area contributed by atoms with Gasteiger partial charge in [0.1, 0.15) is 0 Å². The van der Waals surface area contributed by atoms with Crippen molar-refractivity contribution in [1.29, 1.82) is 0 Å². The van der Waals surface area contributed by atoms with E-state index in [0.29, 0.717) is 24.3 Å². The van der Waals surface area contributed by atoms with Crippen molar-refractivity contribution < 1.29 is 9.59 Å². The van der Waals surface area contributed by atoms with Gasteiger partial charge in [-0.1, -0.05) is 35.9 Å². The summed E-state index contributed by atoms with van der Waals surface area (Å²) in [6.07, 6.45) is 1.44. The van der Waals surface area contributed by atoms with Gasteiger partial charge in [-0.3, -0.25) is 9.59 Å². The van der Waals surface area contributed by atoms with Crippen molar-refractivity contribution >= 4 is 29.1 Å². The summed E-state index contributed by atoms with van der Waals surface area (Å²) in [5.41, 5.74) is 2.71. The fourth-order valence-electron chi connectivity index (χ4n) is 2.13. The third-order valence-electron chi connectivity index (χ3n) is 3.44. The van der Waals surface area contributed by atoms with Crippen LogP contribution in [0.1, 0.15) is 17.5 Å². The molecule has 120 valence electrons. The minimum absolute atomic E-state index is 0.0188. The number of carbonyl (C=O) groups excluding carboxylic acids is 2. The van der Waals surface area contributed by atoms with Gasteiger partial charge in [0.2, 0.25) is 11.8 Å². The average Bonchev–Trinajstić information content (AvgIpc) is 2.56. The fourth-order valence-corrected chi connectivity index (χ4v) is 2.26. The van der Waals surface area contributed by atoms with Gasteiger partial charge in [0.05, 0.1) is 6.42 Å². The normalized spacial score (nSPS) is 10.2. The topological polar surface area (TPSA) is 58.2 Å². The molecule has 0 fully saturated rings. The Labute approximate surface area is 140 Å². The number of hydrogen-bond donors (Lipinski definition) is 2. The molecule has 0 aromatic heterocycles. The number of amides is 2. The Bertz CT molecular complexity index is 666. The molecular formula is C18H19ClN2O2. The van der Waals surface area contributed by atoms with E-state index in [1.807, 2.05) is 36.4 Å². The lowest BCUT2D eigenvalue weighted by Gasteiger charge is -2.07. The highest BCUT2D eigenvalue weighted by atomic mass is 35.5. The Hall–Kier alpha value is -2.33. The van der Waals surface area contributed by atoms with Crippen molar-refractivity contribution in [3.63, 3.8) is 0 Å². The van der Waals surface area contributed by atoms with Gasteiger partial charge in [-0.2, -0.15) is 0 Å². The van der Waals surface area contributed by atoms with Crippen LogP contribution in [0, 0.1) is 0 Å². The van der Waals surface area contributed by atoms with Crippen molar-refractivity contribution in [2.75, 3.05) is 12.4 Å². The molecule has 0 saturated carbocycles. The number of carbonyl (C=O) groups is 2. The second kappa shape index (κ2) is 8.34. The molecule has 0 radical (unpaired) electrons. The Kier molecular flexibility index (Phi) is 6.18. The maximum absolute atomic E-state index is 12.0. The van der Waals surface area contributed by atoms with E-state index in [0.717, 1.165) is 16.8 Å². The summed E-state index contributed by atoms with van der Waals surface area (Å²) in [5.74, 6) is -0.0595. The van der Waals surface area contributed by atoms with Crippen LogP contribution >= 0.6 is 11.6 Å². The standard InChI is InChI=1S/C18H19ClN2O2/c1-20-17(22)11-6-13-4-9-16(10-5-13)21-18(23)12-14-2-7-15(19)8-3-14/h2-5,7-10H,6,11-12H2,1H3,(H,20,22)(H,21,23). The third-order valence-corrected chi connectivity index (χ3v) is 3.69. The number of benzene rings is 2. The SMILES string of the molecule is CNC(=O)CCc1ccc(NC(=O)Cc2ccc(Cl)cc2)cc1. The maximum Gasteiger partial charge on any atom is 0.228 e. The van der Waals surface area contributed by atoms with Gasteiger partial charge in [-0.05, 0) is 41.8 Å². The highest BCUT2D eigenvalue weighted by Crippen LogP contribution is 2.13. The van der Waals surface area contributed by atoms with Crippen LogP contribution in [0.3, 0.4) is 0 Å². The lowest BCUT2D eigenvalue weighted by Crippen LogP contribution is -2.18. The van der Waals surface area contributed by atoms with E-state index < -0.39 is 0 Å². The number of rotatable bonds is 6. The van der Waals surface area contributed by atoms with Gasteiger partial charge in [0.15, 0.2) is 0 Å². The summed E-state index contributed by atoms with van der Waals surface area (Å²) in [5, 5.41) is 6.11. The van der Waals surface area contributed by atoms with Crippen molar-refractivity contribution in [1.82, 2.24) is 5.32 Å². The summed E-state index contributed by atoms with van der Waals surface area (Å²) < 4.78 is 0. The molecule has 2 N–H and O–H groups in total. The average molecular weight is 331 g/mol. The van der Waals surface area contributed by atoms with E-state index in [4.69, 9.17) is 11.6 Å². The molecule has 5 heteroatoms. The quantitative estimate of drug-likeness (QED) is 0.854. The first kappa shape index (κ1) is 17.0. The first-order valence-electron chi connectivity index (χ1n) is 7.40. The number of nitrogens with one attached hydrogen (secondary N) is 2. The molecule has 0 heterocycles. The lowest BCUT2D eigenvalue weighted by atomic mass is 10.1. The Balaban J connectivity index is 1.86. The van der Waals surface area contributed by atoms with E-state index >= 15 is 0 Å². The molecule has 2 aromatic rings. The first-order chi connectivity index (χ1) is 11.1. The van der Waals surface area contributed by atoms with E-state index in [-0.39, 0.29) is 11.8 Å². The molecule has 2 rings (SSSR count). The monoisotopic (exact) mass is 330 g/mol. The first-order valence-corrected chi connectivity index (χ1v) is 7.78. The molecule has 0 bridgehead atoms. The van der Waals surface area contributed by atoms with Gasteiger partial charge < -0.3 is 10.6 Å². The molecule has 4 nitrogen and oxygen atoms in total. The minimum Gasteiger partial charge on any atom is -0.359 e. The van der Waals surface area contributed by atoms with E-state index in [1.165, 1.54) is 0 Å². The second-order valence-electron chi connectivity index (χ2n) is 5.22. The van der Waals surface area contributed by atoms with Gasteiger partial charge in [-0.15, -0.1) is 0 Å². The molecular weight excluding hydrogens is 312 g/mol. The summed E-state index contributed by atoms with van der Waals surface area (Å²) >= 11 is 5.82. The van der Waals surface area contributed by atoms with Crippen molar-refractivity contribution in [3.8, 4) is 0 Å². The second-order valence-corrected chi connectivity index (χ2v) is 5.66. The molecule has 0 aliphatic heterocycles. The van der Waals surface area contributed by atoms with Crippen LogP contribution in [0.15, 0.2) is 48.5 Å². The largest absolute Gasteiger partial charge is 0.359 e. The van der Waals surface area contributed by atoms with Crippen LogP contribution in [0.2, 0.25) is 5.02 Å². The molecule has 0 unspecified atom stereocenters. The van der Waals surface area contributed by atoms with Crippen molar-refractivity contribution in [2.24, 2.45) is 0 Å². The van der Waals surface area contributed by atoms with Crippen LogP contribution in [0.25, 0.3) is 0 Å². The van der Waals surface area contributed by atoms with Crippen molar-refractivity contribution in [3.05, 3.63) is 64.7 Å². The molecule has 0 saturated heterocycles. The number of aryl methyl sites for hydroxylation is 1. The fraction of sp³-hybridized carbons (Fsp3) is 0.222. The molecule has 0 spiro atoms. The zero-order valence-electron chi connectivity index (χ0n) is 12.9. The number of halogens is 1. The zero-order chi connectivity index (χ0) is 16.7. The molecule has 2 aromatic carbocycles. The summed E-state index contributed by atoms with van der Waals surface area (Å²) in [6, 6.07) is 14.7. The predicted octanol–water partition coefficient (Wildman–Crippen LogP) is 3.20. The smallest absolute Gasteiger partial charge is 0.228 e. The number of anilines is 1. The Morgan fingerprint density at radius 2 is 1.52 bits per heavy atom. The predicted molar refractivity (Wildman–Crippen MR) is 92.6 cm³/mol. The molecule has 0 atom stereocenters. The highest BCUT2D eigenvalue weighted by Gasteiger charge is 2.05. The lowest BCUT2D eigenvalue weighted by molar-refractivity contribution is -0.120. The summed E-state index contributed by atoms with van der Waals surface area (Å²) in [4.78, 5) is 23.2. The van der Waals surface area contributed by atoms with Crippen LogP contribution in [0.5, 0.6) is 0 Å². The van der Waals surface area contributed by atoms with Gasteiger partial charge >= 0.3 is 0 Å². The minimum atomic E-state index is -0.0783. The number of hydrogen-bond acceptors (Lipinski definition) is 2. The van der Waals surface area contributed by atoms with E-state index in [2.05, 4.69) is 10.6 Å². The van der Waals surface area contributed by atoms with Gasteiger partial charge in [-0.25, -0.2) is 0 Å². The molecule has 0 aliphatic rings. The van der Waals surface area contributed by atoms with Gasteiger partial charge in [0.25, 0.3) is 0 Å². The molecule has 23 heavy (non-hydrogen) atoms. The third kappa shape index (κ3) is 5.75. The highest BCUT2D eigenvalue weighted by molar-refractivity contribution is 6.30. The van der Waals surface area contributed by atoms with E-state index in [1.54, 1.807) is 19.2 Å². The Morgan fingerprint density at radius 1 is 0.913 bits per heavy atom. The molecule has 0 aliphatic carbocycles. The molecule has 2 amide bonds. The van der Waals surface area contributed by atoms with Gasteiger partial charge in [0, 0.05) is 24.2 Å².